The largest absolute Gasteiger partial charge is 0.468 e. The van der Waals surface area contributed by atoms with Crippen LogP contribution < -0.4 is 0 Å². The molecule has 0 aromatic carbocycles. The zero-order valence-electron chi connectivity index (χ0n) is 8.97. The predicted octanol–water partition coefficient (Wildman–Crippen LogP) is -0.367. The van der Waals surface area contributed by atoms with E-state index in [2.05, 4.69) is 4.74 Å². The minimum atomic E-state index is -0.631. The molecule has 4 atom stereocenters. The highest BCUT2D eigenvalue weighted by molar-refractivity contribution is 5.76. The summed E-state index contributed by atoms with van der Waals surface area (Å²) in [4.78, 5) is 22.9. The Morgan fingerprint density at radius 2 is 2.07 bits per heavy atom. The number of rotatable bonds is 1. The Balaban J connectivity index is 2.20. The molecule has 1 amide bonds. The van der Waals surface area contributed by atoms with Crippen molar-refractivity contribution in [2.24, 2.45) is 5.92 Å². The van der Waals surface area contributed by atoms with Gasteiger partial charge in [0, 0.05) is 12.8 Å². The number of fused-ring (bicyclic) bond motifs is 1. The minimum absolute atomic E-state index is 0.0508. The van der Waals surface area contributed by atoms with Gasteiger partial charge in [-0.1, -0.05) is 0 Å². The Bertz CT molecular complexity index is 317. The second-order valence-corrected chi connectivity index (χ2v) is 4.39. The quantitative estimate of drug-likeness (QED) is 0.478. The van der Waals surface area contributed by atoms with E-state index in [1.165, 1.54) is 14.0 Å². The minimum Gasteiger partial charge on any atom is -0.468 e. The summed E-state index contributed by atoms with van der Waals surface area (Å²) in [5.74, 6) is -0.523. The summed E-state index contributed by atoms with van der Waals surface area (Å²) in [5, 5.41) is 9.81. The van der Waals surface area contributed by atoms with Crippen molar-refractivity contribution in [1.82, 2.24) is 0 Å². The van der Waals surface area contributed by atoms with E-state index < -0.39 is 6.23 Å². The van der Waals surface area contributed by atoms with Gasteiger partial charge >= 0.3 is 11.9 Å². The van der Waals surface area contributed by atoms with Gasteiger partial charge < -0.3 is 9.84 Å². The summed E-state index contributed by atoms with van der Waals surface area (Å²) in [5.41, 5.74) is 0. The molecule has 5 heteroatoms. The molecule has 2 aliphatic heterocycles. The number of amides is 1. The number of quaternary nitrogens is 1. The van der Waals surface area contributed by atoms with Gasteiger partial charge in [0.15, 0.2) is 12.1 Å². The number of aliphatic hydroxyl groups is 1. The number of aliphatic hydroxyl groups excluding tert-OH is 1. The maximum absolute atomic E-state index is 11.6. The molecular weight excluding hydrogens is 198 g/mol. The lowest BCUT2D eigenvalue weighted by Gasteiger charge is -2.50. The van der Waals surface area contributed by atoms with Crippen LogP contribution in [0.3, 0.4) is 0 Å². The van der Waals surface area contributed by atoms with Crippen LogP contribution in [-0.4, -0.2) is 47.4 Å². The molecule has 0 bridgehead atoms. The lowest BCUT2D eigenvalue weighted by atomic mass is 9.85. The van der Waals surface area contributed by atoms with Gasteiger partial charge in [-0.3, -0.25) is 4.79 Å². The average Bonchev–Trinajstić information content (AvgIpc) is 2.39. The van der Waals surface area contributed by atoms with E-state index in [1.54, 1.807) is 0 Å². The molecule has 2 rings (SSSR count). The molecule has 0 spiro atoms. The van der Waals surface area contributed by atoms with Crippen LogP contribution in [-0.2, 0) is 14.3 Å². The van der Waals surface area contributed by atoms with Gasteiger partial charge in [-0.25, -0.2) is 9.28 Å². The van der Waals surface area contributed by atoms with Crippen molar-refractivity contribution < 1.29 is 23.9 Å². The first-order valence-corrected chi connectivity index (χ1v) is 5.18. The van der Waals surface area contributed by atoms with Gasteiger partial charge in [-0.2, -0.15) is 0 Å². The molecule has 84 valence electrons. The monoisotopic (exact) mass is 214 g/mol. The fourth-order valence-corrected chi connectivity index (χ4v) is 3.05. The molecule has 2 saturated heterocycles. The third-order valence-corrected chi connectivity index (χ3v) is 3.90. The lowest BCUT2D eigenvalue weighted by molar-refractivity contribution is -0.955. The molecule has 0 aliphatic carbocycles. The van der Waals surface area contributed by atoms with E-state index in [1.807, 2.05) is 0 Å². The Kier molecular flexibility index (Phi) is 2.31. The van der Waals surface area contributed by atoms with E-state index in [0.717, 1.165) is 6.42 Å². The first kappa shape index (κ1) is 10.6. The number of nitrogens with zero attached hydrogens (tertiary/aromatic N) is 1. The normalized spacial score (nSPS) is 43.0. The Morgan fingerprint density at radius 3 is 2.60 bits per heavy atom. The summed E-state index contributed by atoms with van der Waals surface area (Å²) < 4.78 is 4.75. The topological polar surface area (TPSA) is 63.6 Å². The summed E-state index contributed by atoms with van der Waals surface area (Å²) >= 11 is 0. The van der Waals surface area contributed by atoms with E-state index in [0.29, 0.717) is 13.0 Å². The van der Waals surface area contributed by atoms with Gasteiger partial charge in [0.05, 0.1) is 14.0 Å². The molecule has 3 unspecified atom stereocenters. The molecule has 0 saturated carbocycles. The summed E-state index contributed by atoms with van der Waals surface area (Å²) in [6, 6.07) is -0.0649. The fraction of sp³-hybridized carbons (Fsp3) is 0.800. The van der Waals surface area contributed by atoms with Crippen LogP contribution in [0.15, 0.2) is 0 Å². The zero-order valence-corrected chi connectivity index (χ0v) is 8.97. The average molecular weight is 214 g/mol. The summed E-state index contributed by atoms with van der Waals surface area (Å²) in [7, 11) is 1.36. The Labute approximate surface area is 88.2 Å². The Hall–Kier alpha value is -0.940. The number of carbonyl (C=O) groups excluding carboxylic acids is 2. The number of esters is 1. The van der Waals surface area contributed by atoms with Gasteiger partial charge in [0.25, 0.3) is 0 Å². The number of hydrogen-bond acceptors (Lipinski definition) is 4. The maximum atomic E-state index is 11.6. The molecule has 0 radical (unpaired) electrons. The van der Waals surface area contributed by atoms with E-state index in [4.69, 9.17) is 0 Å². The molecule has 2 heterocycles. The second kappa shape index (κ2) is 3.28. The van der Waals surface area contributed by atoms with Gasteiger partial charge in [-0.15, -0.1) is 0 Å². The van der Waals surface area contributed by atoms with Crippen LogP contribution in [0.4, 0.5) is 0 Å². The number of methoxy groups -OCH3 is 1. The smallest absolute Gasteiger partial charge is 0.320 e. The SMILES string of the molecule is COC(=O)C1C[N+]2(C(C)=O)C(O)CC[C@@H]12. The fourth-order valence-electron chi connectivity index (χ4n) is 3.05. The van der Waals surface area contributed by atoms with Crippen molar-refractivity contribution in [1.29, 1.82) is 0 Å². The van der Waals surface area contributed by atoms with Crippen molar-refractivity contribution in [2.75, 3.05) is 13.7 Å². The molecule has 0 aromatic rings. The first-order valence-electron chi connectivity index (χ1n) is 5.18. The molecule has 0 aromatic heterocycles. The van der Waals surface area contributed by atoms with Crippen LogP contribution >= 0.6 is 0 Å². The first-order chi connectivity index (χ1) is 7.04. The van der Waals surface area contributed by atoms with Crippen molar-refractivity contribution in [3.63, 3.8) is 0 Å². The van der Waals surface area contributed by atoms with Gasteiger partial charge in [-0.05, 0) is 0 Å². The van der Waals surface area contributed by atoms with Crippen molar-refractivity contribution in [3.8, 4) is 0 Å². The summed E-state index contributed by atoms with van der Waals surface area (Å²) in [6.07, 6.45) is 0.687. The van der Waals surface area contributed by atoms with Crippen LogP contribution in [0, 0.1) is 5.92 Å². The van der Waals surface area contributed by atoms with Crippen LogP contribution in [0.1, 0.15) is 19.8 Å². The highest BCUT2D eigenvalue weighted by Gasteiger charge is 2.67. The van der Waals surface area contributed by atoms with Gasteiger partial charge in [0.2, 0.25) is 0 Å². The zero-order chi connectivity index (χ0) is 11.2. The van der Waals surface area contributed by atoms with E-state index in [9.17, 15) is 14.7 Å². The second-order valence-electron chi connectivity index (χ2n) is 4.39. The van der Waals surface area contributed by atoms with Crippen molar-refractivity contribution in [2.45, 2.75) is 32.0 Å². The standard InChI is InChI=1S/C10H16NO4/c1-6(12)11-5-7(10(14)15-2)8(11)3-4-9(11)13/h7-9,13H,3-5H2,1-2H3/q+1/t7?,8-,9?,11?/m0/s1. The summed E-state index contributed by atoms with van der Waals surface area (Å²) in [6.45, 7) is 1.88. The van der Waals surface area contributed by atoms with Gasteiger partial charge in [0.1, 0.15) is 12.6 Å². The molecular formula is C10H16NO4+. The number of hydrogen-bond donors (Lipinski definition) is 1. The molecule has 2 fully saturated rings. The molecule has 2 aliphatic rings. The highest BCUT2D eigenvalue weighted by atomic mass is 16.5. The van der Waals surface area contributed by atoms with Crippen LogP contribution in [0.25, 0.3) is 0 Å². The molecule has 5 nitrogen and oxygen atoms in total. The molecule has 1 N–H and O–H groups in total. The third kappa shape index (κ3) is 1.16. The van der Waals surface area contributed by atoms with Crippen molar-refractivity contribution >= 4 is 11.9 Å². The number of ether oxygens (including phenoxy) is 1. The third-order valence-electron chi connectivity index (χ3n) is 3.90. The van der Waals surface area contributed by atoms with Crippen LogP contribution in [0.5, 0.6) is 0 Å². The molecule has 15 heavy (non-hydrogen) atoms. The predicted molar refractivity (Wildman–Crippen MR) is 50.3 cm³/mol. The lowest BCUT2D eigenvalue weighted by Crippen LogP contribution is -2.74. The highest BCUT2D eigenvalue weighted by Crippen LogP contribution is 2.46. The Morgan fingerprint density at radius 1 is 1.40 bits per heavy atom. The van der Waals surface area contributed by atoms with Crippen LogP contribution in [0.2, 0.25) is 0 Å². The maximum Gasteiger partial charge on any atom is 0.320 e. The van der Waals surface area contributed by atoms with E-state index in [-0.39, 0.29) is 28.3 Å². The van der Waals surface area contributed by atoms with Crippen molar-refractivity contribution in [3.05, 3.63) is 0 Å². The van der Waals surface area contributed by atoms with E-state index >= 15 is 0 Å². The number of carbonyl (C=O) groups is 2.